The van der Waals surface area contributed by atoms with Crippen LogP contribution in [0.5, 0.6) is 0 Å². The number of piperidine rings is 1. The monoisotopic (exact) mass is 280 g/mol. The number of nitrogens with two attached hydrogens (primary N) is 1. The Morgan fingerprint density at radius 3 is 3.00 bits per heavy atom. The second-order valence-corrected chi connectivity index (χ2v) is 5.37. The summed E-state index contributed by atoms with van der Waals surface area (Å²) < 4.78 is 1.09. The number of aromatic nitrogens is 2. The van der Waals surface area contributed by atoms with Crippen LogP contribution < -0.4 is 16.2 Å². The van der Waals surface area contributed by atoms with Gasteiger partial charge in [0.1, 0.15) is 6.04 Å². The van der Waals surface area contributed by atoms with Crippen molar-refractivity contribution in [2.45, 2.75) is 32.4 Å². The molecule has 1 fully saturated rings. The van der Waals surface area contributed by atoms with Crippen molar-refractivity contribution >= 4 is 11.7 Å². The summed E-state index contributed by atoms with van der Waals surface area (Å²) in [6.45, 7) is 3.90. The summed E-state index contributed by atoms with van der Waals surface area (Å²) in [7, 11) is 0. The molecule has 2 atom stereocenters. The first-order valence-corrected chi connectivity index (χ1v) is 6.78. The van der Waals surface area contributed by atoms with Gasteiger partial charge in [-0.15, -0.1) is 0 Å². The maximum atomic E-state index is 11.9. The van der Waals surface area contributed by atoms with Gasteiger partial charge in [-0.25, -0.2) is 4.68 Å². The first-order valence-electron chi connectivity index (χ1n) is 6.78. The summed E-state index contributed by atoms with van der Waals surface area (Å²) in [5.74, 6) is -0.542. The fourth-order valence-corrected chi connectivity index (χ4v) is 2.42. The van der Waals surface area contributed by atoms with Gasteiger partial charge in [0.2, 0.25) is 0 Å². The molecule has 0 saturated carbocycles. The summed E-state index contributed by atoms with van der Waals surface area (Å²) in [6, 6.07) is 0.376. The Hall–Kier alpha value is -1.89. The van der Waals surface area contributed by atoms with E-state index in [0.29, 0.717) is 5.92 Å². The van der Waals surface area contributed by atoms with Crippen LogP contribution in [0.2, 0.25) is 0 Å². The highest BCUT2D eigenvalue weighted by Gasteiger charge is 2.18. The molecule has 3 N–H and O–H groups in total. The molecule has 1 aromatic heterocycles. The Balaban J connectivity index is 2.13. The van der Waals surface area contributed by atoms with E-state index in [9.17, 15) is 9.59 Å². The van der Waals surface area contributed by atoms with Gasteiger partial charge in [-0.3, -0.25) is 9.59 Å². The molecule has 1 saturated heterocycles. The highest BCUT2D eigenvalue weighted by Crippen LogP contribution is 2.20. The van der Waals surface area contributed by atoms with Crippen LogP contribution in [-0.4, -0.2) is 40.0 Å². The standard InChI is InChI=1S/C13H20N4O3/c1-9-3-2-4-16(7-9)10-5-12(18)17(15-6-10)8-11(14)13(19)20/h5-6,9,11H,2-4,7-8,14H2,1H3,(H,19,20). The number of hydrogen-bond acceptors (Lipinski definition) is 5. The average Bonchev–Trinajstić information content (AvgIpc) is 2.40. The van der Waals surface area contributed by atoms with Gasteiger partial charge in [0, 0.05) is 19.2 Å². The molecule has 7 nitrogen and oxygen atoms in total. The zero-order chi connectivity index (χ0) is 14.7. The van der Waals surface area contributed by atoms with Gasteiger partial charge in [-0.1, -0.05) is 6.92 Å². The minimum absolute atomic E-state index is 0.120. The van der Waals surface area contributed by atoms with Crippen molar-refractivity contribution in [3.8, 4) is 0 Å². The molecule has 2 heterocycles. The van der Waals surface area contributed by atoms with Gasteiger partial charge in [-0.05, 0) is 18.8 Å². The number of carbonyl (C=O) groups is 1. The first kappa shape index (κ1) is 14.5. The van der Waals surface area contributed by atoms with E-state index in [-0.39, 0.29) is 12.1 Å². The lowest BCUT2D eigenvalue weighted by atomic mass is 10.00. The third kappa shape index (κ3) is 3.36. The van der Waals surface area contributed by atoms with Crippen molar-refractivity contribution in [1.29, 1.82) is 0 Å². The number of carboxylic acids is 1. The van der Waals surface area contributed by atoms with Gasteiger partial charge in [-0.2, -0.15) is 5.10 Å². The number of hydrogen-bond donors (Lipinski definition) is 2. The van der Waals surface area contributed by atoms with E-state index < -0.39 is 12.0 Å². The van der Waals surface area contributed by atoms with Crippen LogP contribution in [-0.2, 0) is 11.3 Å². The van der Waals surface area contributed by atoms with Crippen molar-refractivity contribution in [1.82, 2.24) is 9.78 Å². The lowest BCUT2D eigenvalue weighted by Crippen LogP contribution is -2.40. The van der Waals surface area contributed by atoms with Crippen molar-refractivity contribution in [2.75, 3.05) is 18.0 Å². The van der Waals surface area contributed by atoms with Crippen LogP contribution in [0.3, 0.4) is 0 Å². The molecule has 0 amide bonds. The third-order valence-electron chi connectivity index (χ3n) is 3.56. The lowest BCUT2D eigenvalue weighted by molar-refractivity contribution is -0.138. The smallest absolute Gasteiger partial charge is 0.322 e. The van der Waals surface area contributed by atoms with Gasteiger partial charge in [0.25, 0.3) is 5.56 Å². The summed E-state index contributed by atoms with van der Waals surface area (Å²) in [6.07, 6.45) is 3.91. The minimum atomic E-state index is -1.15. The molecule has 2 unspecified atom stereocenters. The number of carboxylic acid groups (broad SMARTS) is 1. The van der Waals surface area contributed by atoms with Crippen LogP contribution >= 0.6 is 0 Å². The second kappa shape index (κ2) is 6.04. The summed E-state index contributed by atoms with van der Waals surface area (Å²) in [4.78, 5) is 24.8. The van der Waals surface area contributed by atoms with Crippen LogP contribution in [0.25, 0.3) is 0 Å². The zero-order valence-corrected chi connectivity index (χ0v) is 11.5. The largest absolute Gasteiger partial charge is 0.480 e. The van der Waals surface area contributed by atoms with Gasteiger partial charge >= 0.3 is 5.97 Å². The number of rotatable bonds is 4. The van der Waals surface area contributed by atoms with Gasteiger partial charge < -0.3 is 15.7 Å². The Kier molecular flexibility index (Phi) is 4.39. The number of aliphatic carboxylic acids is 1. The summed E-state index contributed by atoms with van der Waals surface area (Å²) in [5.41, 5.74) is 5.88. The second-order valence-electron chi connectivity index (χ2n) is 5.37. The molecule has 0 radical (unpaired) electrons. The predicted octanol–water partition coefficient (Wildman–Crippen LogP) is -0.108. The number of nitrogens with zero attached hydrogens (tertiary/aromatic N) is 3. The minimum Gasteiger partial charge on any atom is -0.480 e. The van der Waals surface area contributed by atoms with E-state index in [0.717, 1.165) is 29.9 Å². The topological polar surface area (TPSA) is 101 Å². The Bertz CT molecular complexity index is 543. The lowest BCUT2D eigenvalue weighted by Gasteiger charge is -2.32. The SMILES string of the molecule is CC1CCCN(c2cnn(CC(N)C(=O)O)c(=O)c2)C1. The van der Waals surface area contributed by atoms with E-state index in [1.165, 1.54) is 12.5 Å². The van der Waals surface area contributed by atoms with E-state index in [4.69, 9.17) is 10.8 Å². The number of anilines is 1. The maximum absolute atomic E-state index is 11.9. The molecule has 110 valence electrons. The molecule has 0 aromatic carbocycles. The normalized spacial score (nSPS) is 20.7. The molecular weight excluding hydrogens is 260 g/mol. The summed E-state index contributed by atoms with van der Waals surface area (Å²) >= 11 is 0. The van der Waals surface area contributed by atoms with Crippen LogP contribution in [0.15, 0.2) is 17.1 Å². The highest BCUT2D eigenvalue weighted by molar-refractivity contribution is 5.72. The van der Waals surface area contributed by atoms with E-state index in [2.05, 4.69) is 16.9 Å². The fourth-order valence-electron chi connectivity index (χ4n) is 2.42. The van der Waals surface area contributed by atoms with E-state index in [1.807, 2.05) is 0 Å². The molecule has 1 aliphatic rings. The third-order valence-corrected chi connectivity index (χ3v) is 3.56. The van der Waals surface area contributed by atoms with Gasteiger partial charge in [0.15, 0.2) is 0 Å². The van der Waals surface area contributed by atoms with Gasteiger partial charge in [0.05, 0.1) is 18.4 Å². The predicted molar refractivity (Wildman–Crippen MR) is 74.7 cm³/mol. The maximum Gasteiger partial charge on any atom is 0.322 e. The van der Waals surface area contributed by atoms with E-state index >= 15 is 0 Å². The Morgan fingerprint density at radius 1 is 1.65 bits per heavy atom. The molecular formula is C13H20N4O3. The molecule has 0 spiro atoms. The van der Waals surface area contributed by atoms with Crippen LogP contribution in [0.4, 0.5) is 5.69 Å². The molecule has 2 rings (SSSR count). The molecule has 1 aromatic rings. The van der Waals surface area contributed by atoms with Crippen LogP contribution in [0, 0.1) is 5.92 Å². The highest BCUT2D eigenvalue weighted by atomic mass is 16.4. The first-order chi connectivity index (χ1) is 9.47. The Morgan fingerprint density at radius 2 is 2.40 bits per heavy atom. The van der Waals surface area contributed by atoms with Crippen molar-refractivity contribution in [3.63, 3.8) is 0 Å². The van der Waals surface area contributed by atoms with Crippen LogP contribution in [0.1, 0.15) is 19.8 Å². The fraction of sp³-hybridized carbons (Fsp3) is 0.615. The zero-order valence-electron chi connectivity index (χ0n) is 11.5. The average molecular weight is 280 g/mol. The molecule has 1 aliphatic heterocycles. The Labute approximate surface area is 117 Å². The molecule has 0 aliphatic carbocycles. The molecule has 20 heavy (non-hydrogen) atoms. The quantitative estimate of drug-likeness (QED) is 0.798. The molecule has 7 heteroatoms. The van der Waals surface area contributed by atoms with E-state index in [1.54, 1.807) is 6.20 Å². The molecule has 0 bridgehead atoms. The van der Waals surface area contributed by atoms with Crippen molar-refractivity contribution in [2.24, 2.45) is 11.7 Å². The van der Waals surface area contributed by atoms with Crippen molar-refractivity contribution < 1.29 is 9.90 Å². The summed E-state index contributed by atoms with van der Waals surface area (Å²) in [5, 5.41) is 12.8. The van der Waals surface area contributed by atoms with Crippen molar-refractivity contribution in [3.05, 3.63) is 22.6 Å².